The second kappa shape index (κ2) is 7.35. The Morgan fingerprint density at radius 1 is 1.12 bits per heavy atom. The van der Waals surface area contributed by atoms with E-state index in [4.69, 9.17) is 4.98 Å². The number of fused-ring (bicyclic) bond motifs is 3. The van der Waals surface area contributed by atoms with Gasteiger partial charge in [-0.05, 0) is 68.2 Å². The number of piperidine rings is 1. The molecule has 0 spiro atoms. The fraction of sp³-hybridized carbons (Fsp3) is 0.500. The van der Waals surface area contributed by atoms with Gasteiger partial charge in [0.05, 0.1) is 5.69 Å². The van der Waals surface area contributed by atoms with E-state index in [2.05, 4.69) is 40.8 Å². The Labute approximate surface area is 193 Å². The summed E-state index contributed by atoms with van der Waals surface area (Å²) in [5.74, 6) is 1.39. The van der Waals surface area contributed by atoms with Crippen LogP contribution in [-0.4, -0.2) is 45.9 Å². The van der Waals surface area contributed by atoms with Gasteiger partial charge in [-0.15, -0.1) is 11.3 Å². The molecule has 1 amide bonds. The molecular weight excluding hydrogens is 416 g/mol. The number of rotatable bonds is 4. The zero-order valence-electron chi connectivity index (χ0n) is 19.0. The van der Waals surface area contributed by atoms with Crippen molar-refractivity contribution in [3.8, 4) is 0 Å². The minimum atomic E-state index is 0.0668. The van der Waals surface area contributed by atoms with Crippen molar-refractivity contribution in [1.29, 1.82) is 0 Å². The average Bonchev–Trinajstić information content (AvgIpc) is 3.10. The van der Waals surface area contributed by atoms with Crippen LogP contribution in [0.25, 0.3) is 10.2 Å². The highest BCUT2D eigenvalue weighted by Crippen LogP contribution is 2.60. The van der Waals surface area contributed by atoms with Crippen molar-refractivity contribution >= 4 is 27.5 Å². The monoisotopic (exact) mass is 446 g/mol. The Morgan fingerprint density at radius 2 is 1.84 bits per heavy atom. The predicted octanol–water partition coefficient (Wildman–Crippen LogP) is 4.80. The summed E-state index contributed by atoms with van der Waals surface area (Å²) in [5.41, 5.74) is 3.33. The molecule has 3 aliphatic rings. The highest BCUT2D eigenvalue weighted by Gasteiger charge is 2.53. The number of hydrogen-bond donors (Lipinski definition) is 1. The van der Waals surface area contributed by atoms with Gasteiger partial charge in [0, 0.05) is 47.5 Å². The molecular formula is C26H30N4OS. The van der Waals surface area contributed by atoms with Gasteiger partial charge < -0.3 is 10.2 Å². The van der Waals surface area contributed by atoms with Crippen LogP contribution in [-0.2, 0) is 5.41 Å². The molecule has 2 aliphatic heterocycles. The van der Waals surface area contributed by atoms with Gasteiger partial charge in [-0.25, -0.2) is 9.97 Å². The molecule has 4 unspecified atom stereocenters. The first-order chi connectivity index (χ1) is 15.4. The lowest BCUT2D eigenvalue weighted by Gasteiger charge is -2.35. The number of thiophene rings is 1. The molecule has 6 rings (SSSR count). The van der Waals surface area contributed by atoms with Gasteiger partial charge in [0.1, 0.15) is 10.7 Å². The predicted molar refractivity (Wildman–Crippen MR) is 128 cm³/mol. The number of carbonyl (C=O) groups is 1. The Bertz CT molecular complexity index is 1180. The van der Waals surface area contributed by atoms with Crippen LogP contribution in [0, 0.1) is 6.92 Å². The van der Waals surface area contributed by atoms with Crippen LogP contribution in [0.15, 0.2) is 35.7 Å². The third kappa shape index (κ3) is 3.27. The van der Waals surface area contributed by atoms with E-state index in [9.17, 15) is 4.79 Å². The summed E-state index contributed by atoms with van der Waals surface area (Å²) >= 11 is 1.68. The Balaban J connectivity index is 1.20. The first kappa shape index (κ1) is 20.3. The fourth-order valence-electron chi connectivity index (χ4n) is 6.04. The van der Waals surface area contributed by atoms with Crippen LogP contribution >= 0.6 is 11.3 Å². The molecule has 2 bridgehead atoms. The molecule has 3 aromatic rings. The molecule has 32 heavy (non-hydrogen) atoms. The first-order valence-electron chi connectivity index (χ1n) is 11.8. The molecule has 2 saturated heterocycles. The van der Waals surface area contributed by atoms with Crippen LogP contribution < -0.4 is 5.32 Å². The van der Waals surface area contributed by atoms with E-state index < -0.39 is 0 Å². The topological polar surface area (TPSA) is 58.1 Å². The second-order valence-corrected chi connectivity index (χ2v) is 11.1. The summed E-state index contributed by atoms with van der Waals surface area (Å²) in [5, 5.41) is 6.97. The number of carbonyl (C=O) groups excluding carboxylic acids is 1. The van der Waals surface area contributed by atoms with Crippen molar-refractivity contribution in [2.45, 2.75) is 75.4 Å². The molecule has 3 fully saturated rings. The van der Waals surface area contributed by atoms with Gasteiger partial charge in [0.15, 0.2) is 0 Å². The summed E-state index contributed by atoms with van der Waals surface area (Å²) in [6.45, 7) is 4.30. The lowest BCUT2D eigenvalue weighted by atomic mass is 9.92. The normalized spacial score (nSPS) is 31.1. The van der Waals surface area contributed by atoms with Gasteiger partial charge in [-0.3, -0.25) is 4.79 Å². The van der Waals surface area contributed by atoms with Crippen molar-refractivity contribution < 1.29 is 4.79 Å². The van der Waals surface area contributed by atoms with Crippen LogP contribution in [0.5, 0.6) is 0 Å². The number of amides is 1. The fourth-order valence-corrected chi connectivity index (χ4v) is 6.86. The number of aryl methyl sites for hydroxylation is 1. The minimum Gasteiger partial charge on any atom is -0.339 e. The van der Waals surface area contributed by atoms with Gasteiger partial charge in [-0.1, -0.05) is 19.1 Å². The van der Waals surface area contributed by atoms with E-state index in [0.717, 1.165) is 35.5 Å². The molecule has 5 nitrogen and oxygen atoms in total. The van der Waals surface area contributed by atoms with Crippen LogP contribution in [0.3, 0.4) is 0 Å². The molecule has 4 atom stereocenters. The number of aromatic nitrogens is 2. The van der Waals surface area contributed by atoms with Gasteiger partial charge in [-0.2, -0.15) is 0 Å². The molecule has 4 heterocycles. The lowest BCUT2D eigenvalue weighted by molar-refractivity contribution is 0.0681. The number of benzene rings is 1. The van der Waals surface area contributed by atoms with Gasteiger partial charge >= 0.3 is 0 Å². The SMILES string of the molecule is Cc1nc(C2CC2(C)c2ccc(C(=O)N(C)C3CC4CCC(C3)N4)cc2)c2ccsc2n1. The second-order valence-electron chi connectivity index (χ2n) is 10.2. The van der Waals surface area contributed by atoms with Crippen molar-refractivity contribution in [2.24, 2.45) is 0 Å². The Morgan fingerprint density at radius 3 is 2.56 bits per heavy atom. The van der Waals surface area contributed by atoms with Crippen LogP contribution in [0.2, 0.25) is 0 Å². The van der Waals surface area contributed by atoms with Crippen LogP contribution in [0.1, 0.15) is 72.4 Å². The molecule has 2 aromatic heterocycles. The van der Waals surface area contributed by atoms with Gasteiger partial charge in [0.25, 0.3) is 5.91 Å². The minimum absolute atomic E-state index is 0.0668. The summed E-state index contributed by atoms with van der Waals surface area (Å²) < 4.78 is 0. The molecule has 1 aliphatic carbocycles. The lowest BCUT2D eigenvalue weighted by Crippen LogP contribution is -2.48. The summed E-state index contributed by atoms with van der Waals surface area (Å²) in [6.07, 6.45) is 5.74. The van der Waals surface area contributed by atoms with Crippen LogP contribution in [0.4, 0.5) is 0 Å². The molecule has 1 saturated carbocycles. The van der Waals surface area contributed by atoms with Gasteiger partial charge in [0.2, 0.25) is 0 Å². The molecule has 0 radical (unpaired) electrons. The highest BCUT2D eigenvalue weighted by atomic mass is 32.1. The highest BCUT2D eigenvalue weighted by molar-refractivity contribution is 7.16. The maximum Gasteiger partial charge on any atom is 0.253 e. The molecule has 1 N–H and O–H groups in total. The van der Waals surface area contributed by atoms with E-state index in [0.29, 0.717) is 24.0 Å². The number of hydrogen-bond acceptors (Lipinski definition) is 5. The summed E-state index contributed by atoms with van der Waals surface area (Å²) in [7, 11) is 1.98. The Hall–Kier alpha value is -2.31. The quantitative estimate of drug-likeness (QED) is 0.625. The molecule has 6 heteroatoms. The van der Waals surface area contributed by atoms with Crippen molar-refractivity contribution in [3.63, 3.8) is 0 Å². The van der Waals surface area contributed by atoms with E-state index in [1.54, 1.807) is 11.3 Å². The summed E-state index contributed by atoms with van der Waals surface area (Å²) in [4.78, 5) is 25.7. The third-order valence-corrected chi connectivity index (χ3v) is 8.95. The van der Waals surface area contributed by atoms with E-state index in [1.165, 1.54) is 29.5 Å². The average molecular weight is 447 g/mol. The van der Waals surface area contributed by atoms with E-state index in [-0.39, 0.29) is 11.3 Å². The third-order valence-electron chi connectivity index (χ3n) is 8.14. The maximum absolute atomic E-state index is 13.2. The summed E-state index contributed by atoms with van der Waals surface area (Å²) in [6, 6.07) is 12.0. The smallest absolute Gasteiger partial charge is 0.253 e. The van der Waals surface area contributed by atoms with Crippen molar-refractivity contribution in [3.05, 3.63) is 58.4 Å². The van der Waals surface area contributed by atoms with Crippen molar-refractivity contribution in [1.82, 2.24) is 20.2 Å². The van der Waals surface area contributed by atoms with Crippen molar-refractivity contribution in [2.75, 3.05) is 7.05 Å². The zero-order valence-corrected chi connectivity index (χ0v) is 19.8. The number of nitrogens with one attached hydrogen (secondary N) is 1. The molecule has 1 aromatic carbocycles. The van der Waals surface area contributed by atoms with E-state index in [1.807, 2.05) is 31.0 Å². The largest absolute Gasteiger partial charge is 0.339 e. The number of nitrogens with zero attached hydrogens (tertiary/aromatic N) is 3. The van der Waals surface area contributed by atoms with E-state index >= 15 is 0 Å². The Kier molecular flexibility index (Phi) is 4.67. The molecule has 166 valence electrons. The standard InChI is InChI=1S/C26H30N4OS/c1-15-27-23(21-10-11-32-24(21)28-15)22-14-26(22,2)17-6-4-16(5-7-17)25(31)30(3)20-12-18-8-9-19(13-20)29-18/h4-7,10-11,18-20,22,29H,8-9,12-14H2,1-3H3. The zero-order chi connectivity index (χ0) is 22.0. The maximum atomic E-state index is 13.2. The first-order valence-corrected chi connectivity index (χ1v) is 12.7.